The van der Waals surface area contributed by atoms with E-state index >= 15 is 0 Å². The highest BCUT2D eigenvalue weighted by atomic mass is 32.2. The van der Waals surface area contributed by atoms with Crippen molar-refractivity contribution in [2.24, 2.45) is 7.05 Å². The second-order valence-corrected chi connectivity index (χ2v) is 6.12. The number of nitrogens with zero attached hydrogens (tertiary/aromatic N) is 2. The summed E-state index contributed by atoms with van der Waals surface area (Å²) in [5, 5.41) is 4.02. The molecule has 21 heavy (non-hydrogen) atoms. The number of halogens is 1. The monoisotopic (exact) mass is 314 g/mol. The van der Waals surface area contributed by atoms with Crippen LogP contribution in [-0.2, 0) is 17.1 Å². The van der Waals surface area contributed by atoms with Crippen molar-refractivity contribution in [1.29, 1.82) is 0 Å². The minimum absolute atomic E-state index is 0.0965. The Labute approximate surface area is 121 Å². The number of ether oxygens (including phenoxy) is 1. The van der Waals surface area contributed by atoms with Crippen LogP contribution in [0.15, 0.2) is 23.2 Å². The van der Waals surface area contributed by atoms with Gasteiger partial charge in [-0.2, -0.15) is 5.10 Å². The zero-order chi connectivity index (χ0) is 15.8. The lowest BCUT2D eigenvalue weighted by Gasteiger charge is -2.10. The fourth-order valence-electron chi connectivity index (χ4n) is 1.86. The van der Waals surface area contributed by atoms with Crippen molar-refractivity contribution in [1.82, 2.24) is 9.78 Å². The first-order chi connectivity index (χ1) is 9.74. The first kappa shape index (κ1) is 15.1. The predicted molar refractivity (Wildman–Crippen MR) is 76.1 cm³/mol. The van der Waals surface area contributed by atoms with Crippen molar-refractivity contribution in [3.8, 4) is 5.75 Å². The molecular formula is C12H15FN4O3S. The van der Waals surface area contributed by atoms with Gasteiger partial charge in [0.2, 0.25) is 0 Å². The maximum Gasteiger partial charge on any atom is 0.262 e. The molecule has 1 aromatic heterocycles. The average Bonchev–Trinajstić information content (AvgIpc) is 2.66. The van der Waals surface area contributed by atoms with E-state index in [9.17, 15) is 12.8 Å². The van der Waals surface area contributed by atoms with Crippen molar-refractivity contribution in [3.05, 3.63) is 29.8 Å². The molecule has 114 valence electrons. The number of nitrogens with one attached hydrogen (secondary N) is 1. The number of benzene rings is 1. The lowest BCUT2D eigenvalue weighted by atomic mass is 10.3. The van der Waals surface area contributed by atoms with Gasteiger partial charge >= 0.3 is 0 Å². The predicted octanol–water partition coefficient (Wildman–Crippen LogP) is 1.26. The Morgan fingerprint density at radius 2 is 2.10 bits per heavy atom. The number of anilines is 2. The van der Waals surface area contributed by atoms with E-state index in [1.165, 1.54) is 18.0 Å². The summed E-state index contributed by atoms with van der Waals surface area (Å²) in [5.41, 5.74) is 6.30. The molecule has 0 aliphatic carbocycles. The maximum atomic E-state index is 13.8. The summed E-state index contributed by atoms with van der Waals surface area (Å²) in [6.45, 7) is 1.65. The van der Waals surface area contributed by atoms with Crippen LogP contribution in [0, 0.1) is 12.7 Å². The van der Waals surface area contributed by atoms with Crippen molar-refractivity contribution >= 4 is 21.4 Å². The minimum Gasteiger partial charge on any atom is -0.492 e. The smallest absolute Gasteiger partial charge is 0.262 e. The summed E-state index contributed by atoms with van der Waals surface area (Å²) < 4.78 is 46.8. The lowest BCUT2D eigenvalue weighted by Crippen LogP contribution is -2.14. The highest BCUT2D eigenvalue weighted by Crippen LogP contribution is 2.29. The van der Waals surface area contributed by atoms with E-state index in [1.807, 2.05) is 0 Å². The summed E-state index contributed by atoms with van der Waals surface area (Å²) >= 11 is 0. The van der Waals surface area contributed by atoms with Crippen LogP contribution in [0.2, 0.25) is 0 Å². The number of sulfonamides is 1. The van der Waals surface area contributed by atoms with Gasteiger partial charge in [0, 0.05) is 13.2 Å². The number of hydrogen-bond donors (Lipinski definition) is 2. The van der Waals surface area contributed by atoms with E-state index in [0.717, 1.165) is 12.1 Å². The van der Waals surface area contributed by atoms with Crippen LogP contribution in [0.25, 0.3) is 0 Å². The Balaban J connectivity index is 2.43. The summed E-state index contributed by atoms with van der Waals surface area (Å²) in [7, 11) is -1.06. The molecule has 0 saturated heterocycles. The average molecular weight is 314 g/mol. The fraction of sp³-hybridized carbons (Fsp3) is 0.250. The summed E-state index contributed by atoms with van der Waals surface area (Å²) in [6.07, 6.45) is 1.51. The summed E-state index contributed by atoms with van der Waals surface area (Å²) in [4.78, 5) is -0.290. The molecule has 0 radical (unpaired) electrons. The van der Waals surface area contributed by atoms with Gasteiger partial charge in [0.25, 0.3) is 10.0 Å². The van der Waals surface area contributed by atoms with Gasteiger partial charge in [-0.25, -0.2) is 12.8 Å². The van der Waals surface area contributed by atoms with E-state index in [4.69, 9.17) is 10.5 Å². The van der Waals surface area contributed by atoms with Crippen LogP contribution in [-0.4, -0.2) is 25.3 Å². The Morgan fingerprint density at radius 1 is 1.43 bits per heavy atom. The third-order valence-corrected chi connectivity index (χ3v) is 4.16. The SMILES string of the molecule is COc1c(N)cc(S(=O)(=O)Nc2cn(C)nc2C)cc1F. The van der Waals surface area contributed by atoms with Crippen LogP contribution < -0.4 is 15.2 Å². The van der Waals surface area contributed by atoms with Crippen molar-refractivity contribution in [2.45, 2.75) is 11.8 Å². The topological polar surface area (TPSA) is 99.2 Å². The summed E-state index contributed by atoms with van der Waals surface area (Å²) in [6, 6.07) is 1.99. The van der Waals surface area contributed by atoms with Crippen LogP contribution in [0.1, 0.15) is 5.69 Å². The Bertz CT molecular complexity index is 763. The van der Waals surface area contributed by atoms with Crippen LogP contribution in [0.5, 0.6) is 5.75 Å². The number of hydrogen-bond acceptors (Lipinski definition) is 5. The third kappa shape index (κ3) is 2.92. The molecule has 0 bridgehead atoms. The number of methoxy groups -OCH3 is 1. The number of rotatable bonds is 4. The highest BCUT2D eigenvalue weighted by molar-refractivity contribution is 7.92. The van der Waals surface area contributed by atoms with Gasteiger partial charge in [-0.3, -0.25) is 9.40 Å². The van der Waals surface area contributed by atoms with Gasteiger partial charge < -0.3 is 10.5 Å². The molecule has 0 saturated carbocycles. The van der Waals surface area contributed by atoms with E-state index in [0.29, 0.717) is 11.4 Å². The van der Waals surface area contributed by atoms with E-state index < -0.39 is 15.8 Å². The largest absolute Gasteiger partial charge is 0.492 e. The number of aromatic nitrogens is 2. The molecule has 0 fully saturated rings. The molecule has 0 atom stereocenters. The van der Waals surface area contributed by atoms with E-state index in [1.54, 1.807) is 14.0 Å². The first-order valence-electron chi connectivity index (χ1n) is 5.90. The van der Waals surface area contributed by atoms with Gasteiger partial charge in [0.1, 0.15) is 0 Å². The second kappa shape index (κ2) is 5.24. The fourth-order valence-corrected chi connectivity index (χ4v) is 3.01. The second-order valence-electron chi connectivity index (χ2n) is 4.43. The van der Waals surface area contributed by atoms with Crippen molar-refractivity contribution in [3.63, 3.8) is 0 Å². The minimum atomic E-state index is -3.97. The standard InChI is InChI=1S/C12H15FN4O3S/c1-7-11(6-17(2)15-7)16-21(18,19)8-4-9(13)12(20-3)10(14)5-8/h4-6,16H,14H2,1-3H3. The van der Waals surface area contributed by atoms with Crippen molar-refractivity contribution in [2.75, 3.05) is 17.6 Å². The van der Waals surface area contributed by atoms with E-state index in [2.05, 4.69) is 9.82 Å². The zero-order valence-electron chi connectivity index (χ0n) is 11.7. The molecule has 2 rings (SSSR count). The van der Waals surface area contributed by atoms with Crippen LogP contribution in [0.3, 0.4) is 0 Å². The van der Waals surface area contributed by atoms with Crippen LogP contribution in [0.4, 0.5) is 15.8 Å². The molecule has 7 nitrogen and oxygen atoms in total. The quantitative estimate of drug-likeness (QED) is 0.828. The lowest BCUT2D eigenvalue weighted by molar-refractivity contribution is 0.388. The Morgan fingerprint density at radius 3 is 2.57 bits per heavy atom. The molecule has 2 aromatic rings. The van der Waals surface area contributed by atoms with Crippen molar-refractivity contribution < 1.29 is 17.5 Å². The molecular weight excluding hydrogens is 299 g/mol. The Kier molecular flexibility index (Phi) is 3.77. The maximum absolute atomic E-state index is 13.8. The van der Waals surface area contributed by atoms with Gasteiger partial charge in [0.15, 0.2) is 11.6 Å². The zero-order valence-corrected chi connectivity index (χ0v) is 12.5. The Hall–Kier alpha value is -2.29. The molecule has 9 heteroatoms. The number of aryl methyl sites for hydroxylation is 2. The molecule has 1 heterocycles. The molecule has 0 amide bonds. The molecule has 0 unspecified atom stereocenters. The highest BCUT2D eigenvalue weighted by Gasteiger charge is 2.20. The van der Waals surface area contributed by atoms with Gasteiger partial charge in [-0.05, 0) is 19.1 Å². The molecule has 0 aliphatic heterocycles. The van der Waals surface area contributed by atoms with E-state index in [-0.39, 0.29) is 16.3 Å². The number of nitrogen functional groups attached to an aromatic ring is 1. The normalized spacial score (nSPS) is 11.4. The van der Waals surface area contributed by atoms with Crippen LogP contribution >= 0.6 is 0 Å². The molecule has 0 spiro atoms. The summed E-state index contributed by atoms with van der Waals surface area (Å²) in [5.74, 6) is -1.03. The van der Waals surface area contributed by atoms with Gasteiger partial charge in [-0.15, -0.1) is 0 Å². The van der Waals surface area contributed by atoms with Gasteiger partial charge in [0.05, 0.1) is 29.1 Å². The first-order valence-corrected chi connectivity index (χ1v) is 7.39. The molecule has 3 N–H and O–H groups in total. The number of nitrogens with two attached hydrogens (primary N) is 1. The third-order valence-electron chi connectivity index (χ3n) is 2.82. The molecule has 1 aromatic carbocycles. The van der Waals surface area contributed by atoms with Gasteiger partial charge in [-0.1, -0.05) is 0 Å². The molecule has 0 aliphatic rings.